The minimum absolute atomic E-state index is 0.0493. The Morgan fingerprint density at radius 1 is 0.619 bits per heavy atom. The molecule has 0 saturated carbocycles. The molecular weight excluding hydrogens is 552 g/mol. The third-order valence-corrected chi connectivity index (χ3v) is 4.90. The molecule has 0 saturated heterocycles. The molecule has 42 heavy (non-hydrogen) atoms. The second-order valence-electron chi connectivity index (χ2n) is 8.80. The van der Waals surface area contributed by atoms with Gasteiger partial charge in [-0.1, -0.05) is 19.2 Å². The standard InChI is InChI=1S/C29H42N2O11/c1-22(2)26(32)39-14-6-11-30-28(34)41-16-8-13-36-17-18-37-24-9-5-10-25(21-24)38-19-20-42-29(35)31-12-7-15-40-27(33)23(3)4/h5,9-10,21H,1,3,6-8,11-20H2,2,4H3,(H,30,34)(H,31,35). The highest BCUT2D eigenvalue weighted by atomic mass is 16.6. The van der Waals surface area contributed by atoms with Gasteiger partial charge in [-0.05, 0) is 38.8 Å². The number of alkyl carbamates (subject to hydrolysis) is 2. The molecule has 1 aromatic rings. The molecule has 0 aliphatic heterocycles. The van der Waals surface area contributed by atoms with Crippen LogP contribution in [0.1, 0.15) is 33.1 Å². The molecule has 13 heteroatoms. The van der Waals surface area contributed by atoms with Crippen LogP contribution in [0.4, 0.5) is 9.59 Å². The van der Waals surface area contributed by atoms with Crippen LogP contribution in [0.2, 0.25) is 0 Å². The van der Waals surface area contributed by atoms with E-state index in [4.69, 9.17) is 33.2 Å². The summed E-state index contributed by atoms with van der Waals surface area (Å²) in [7, 11) is 0. The molecule has 0 unspecified atom stereocenters. The number of ether oxygens (including phenoxy) is 7. The van der Waals surface area contributed by atoms with E-state index in [9.17, 15) is 19.2 Å². The van der Waals surface area contributed by atoms with Gasteiger partial charge in [-0.3, -0.25) is 0 Å². The fraction of sp³-hybridized carbons (Fsp3) is 0.517. The zero-order valence-corrected chi connectivity index (χ0v) is 24.4. The van der Waals surface area contributed by atoms with Crippen LogP contribution in [0.15, 0.2) is 48.6 Å². The van der Waals surface area contributed by atoms with Gasteiger partial charge in [0.05, 0.1) is 26.4 Å². The van der Waals surface area contributed by atoms with Gasteiger partial charge in [0, 0.05) is 43.3 Å². The largest absolute Gasteiger partial charge is 0.491 e. The lowest BCUT2D eigenvalue weighted by molar-refractivity contribution is -0.139. The van der Waals surface area contributed by atoms with E-state index in [-0.39, 0.29) is 33.0 Å². The molecule has 0 aliphatic carbocycles. The number of amides is 2. The average Bonchev–Trinajstić information content (AvgIpc) is 2.96. The normalized spacial score (nSPS) is 10.1. The van der Waals surface area contributed by atoms with Crippen molar-refractivity contribution in [3.63, 3.8) is 0 Å². The number of benzene rings is 1. The van der Waals surface area contributed by atoms with E-state index in [2.05, 4.69) is 23.8 Å². The van der Waals surface area contributed by atoms with Crippen LogP contribution in [-0.4, -0.2) is 90.1 Å². The molecule has 0 bridgehead atoms. The van der Waals surface area contributed by atoms with Gasteiger partial charge >= 0.3 is 24.1 Å². The van der Waals surface area contributed by atoms with Crippen molar-refractivity contribution >= 4 is 24.1 Å². The molecule has 2 N–H and O–H groups in total. The first-order valence-corrected chi connectivity index (χ1v) is 13.6. The molecule has 0 fully saturated rings. The van der Waals surface area contributed by atoms with Crippen molar-refractivity contribution in [2.24, 2.45) is 0 Å². The molecule has 234 valence electrons. The van der Waals surface area contributed by atoms with Crippen LogP contribution in [0, 0.1) is 0 Å². The SMILES string of the molecule is C=C(C)C(=O)OCCCNC(=O)OCCCOCCOc1cccc(OCCOC(=O)NCCCOC(=O)C(=C)C)c1. The average molecular weight is 595 g/mol. The van der Waals surface area contributed by atoms with Crippen LogP contribution in [-0.2, 0) is 33.3 Å². The molecule has 0 radical (unpaired) electrons. The fourth-order valence-electron chi connectivity index (χ4n) is 2.80. The van der Waals surface area contributed by atoms with Gasteiger partial charge < -0.3 is 43.8 Å². The summed E-state index contributed by atoms with van der Waals surface area (Å²) in [5, 5.41) is 5.13. The molecule has 1 aromatic carbocycles. The Kier molecular flexibility index (Phi) is 19.1. The maximum atomic E-state index is 11.7. The maximum absolute atomic E-state index is 11.7. The number of esters is 2. The molecule has 0 aromatic heterocycles. The van der Waals surface area contributed by atoms with Crippen molar-refractivity contribution in [3.05, 3.63) is 48.6 Å². The molecule has 0 spiro atoms. The predicted molar refractivity (Wildman–Crippen MR) is 152 cm³/mol. The van der Waals surface area contributed by atoms with Gasteiger partial charge in [0.1, 0.15) is 31.3 Å². The lowest BCUT2D eigenvalue weighted by Crippen LogP contribution is -2.27. The number of hydrogen-bond acceptors (Lipinski definition) is 11. The fourth-order valence-corrected chi connectivity index (χ4v) is 2.80. The maximum Gasteiger partial charge on any atom is 0.407 e. The van der Waals surface area contributed by atoms with Crippen molar-refractivity contribution in [1.82, 2.24) is 10.6 Å². The third-order valence-electron chi connectivity index (χ3n) is 4.90. The van der Waals surface area contributed by atoms with Crippen LogP contribution in [0.25, 0.3) is 0 Å². The van der Waals surface area contributed by atoms with Crippen molar-refractivity contribution in [2.45, 2.75) is 33.1 Å². The quantitative estimate of drug-likeness (QED) is 0.0878. The molecule has 13 nitrogen and oxygen atoms in total. The Morgan fingerprint density at radius 2 is 1.10 bits per heavy atom. The van der Waals surface area contributed by atoms with Crippen molar-refractivity contribution in [1.29, 1.82) is 0 Å². The Hall–Kier alpha value is -4.26. The molecular formula is C29H42N2O11. The topological polar surface area (TPSA) is 157 Å². The number of carbonyl (C=O) groups excluding carboxylic acids is 4. The minimum Gasteiger partial charge on any atom is -0.491 e. The molecule has 0 atom stereocenters. The van der Waals surface area contributed by atoms with Gasteiger partial charge in [-0.25, -0.2) is 19.2 Å². The van der Waals surface area contributed by atoms with Gasteiger partial charge in [-0.2, -0.15) is 0 Å². The summed E-state index contributed by atoms with van der Waals surface area (Å²) >= 11 is 0. The van der Waals surface area contributed by atoms with Gasteiger partial charge in [-0.15, -0.1) is 0 Å². The van der Waals surface area contributed by atoms with Crippen molar-refractivity contribution in [3.8, 4) is 11.5 Å². The minimum atomic E-state index is -0.590. The summed E-state index contributed by atoms with van der Waals surface area (Å²) in [4.78, 5) is 45.8. The lowest BCUT2D eigenvalue weighted by Gasteiger charge is -2.11. The van der Waals surface area contributed by atoms with E-state index in [1.807, 2.05) is 0 Å². The van der Waals surface area contributed by atoms with Crippen LogP contribution in [0.3, 0.4) is 0 Å². The Labute approximate surface area is 246 Å². The number of rotatable bonds is 22. The Bertz CT molecular complexity index is 1010. The highest BCUT2D eigenvalue weighted by Gasteiger charge is 2.06. The van der Waals surface area contributed by atoms with Crippen LogP contribution in [0.5, 0.6) is 11.5 Å². The van der Waals surface area contributed by atoms with Crippen molar-refractivity contribution in [2.75, 3.05) is 65.9 Å². The molecule has 0 aliphatic rings. The highest BCUT2D eigenvalue weighted by Crippen LogP contribution is 2.19. The number of nitrogens with one attached hydrogen (secondary N) is 2. The summed E-state index contributed by atoms with van der Waals surface area (Å²) < 4.78 is 36.7. The van der Waals surface area contributed by atoms with Gasteiger partial charge in [0.2, 0.25) is 0 Å². The third kappa shape index (κ3) is 18.9. The van der Waals surface area contributed by atoms with Crippen LogP contribution >= 0.6 is 0 Å². The van der Waals surface area contributed by atoms with Gasteiger partial charge in [0.25, 0.3) is 0 Å². The summed E-state index contributed by atoms with van der Waals surface area (Å²) in [5.41, 5.74) is 0.650. The zero-order valence-electron chi connectivity index (χ0n) is 24.4. The van der Waals surface area contributed by atoms with E-state index in [1.54, 1.807) is 38.1 Å². The smallest absolute Gasteiger partial charge is 0.407 e. The van der Waals surface area contributed by atoms with E-state index in [0.717, 1.165) is 0 Å². The summed E-state index contributed by atoms with van der Waals surface area (Å²) in [5.74, 6) is 0.230. The monoisotopic (exact) mass is 594 g/mol. The number of carbonyl (C=O) groups is 4. The first kappa shape index (κ1) is 35.8. The summed E-state index contributed by atoms with van der Waals surface area (Å²) in [6.07, 6.45) is 0.317. The van der Waals surface area contributed by atoms with Crippen molar-refractivity contribution < 1.29 is 52.3 Å². The van der Waals surface area contributed by atoms with E-state index >= 15 is 0 Å². The lowest BCUT2D eigenvalue weighted by atomic mass is 10.3. The second-order valence-corrected chi connectivity index (χ2v) is 8.80. The van der Waals surface area contributed by atoms with E-state index in [1.165, 1.54) is 0 Å². The Balaban J connectivity index is 2.02. The Morgan fingerprint density at radius 3 is 1.62 bits per heavy atom. The van der Waals surface area contributed by atoms with E-state index < -0.39 is 24.1 Å². The predicted octanol–water partition coefficient (Wildman–Crippen LogP) is 3.32. The van der Waals surface area contributed by atoms with Gasteiger partial charge in [0.15, 0.2) is 0 Å². The highest BCUT2D eigenvalue weighted by molar-refractivity contribution is 5.87. The zero-order chi connectivity index (χ0) is 31.0. The van der Waals surface area contributed by atoms with E-state index in [0.29, 0.717) is 74.8 Å². The van der Waals surface area contributed by atoms with Crippen LogP contribution < -0.4 is 20.1 Å². The number of hydrogen-bond donors (Lipinski definition) is 2. The second kappa shape index (κ2) is 22.4. The molecule has 1 rings (SSSR count). The summed E-state index contributed by atoms with van der Waals surface area (Å²) in [6.45, 7) is 12.6. The first-order valence-electron chi connectivity index (χ1n) is 13.6. The first-order chi connectivity index (χ1) is 20.2. The summed E-state index contributed by atoms with van der Waals surface area (Å²) in [6, 6.07) is 7.02. The molecule has 2 amide bonds. The molecule has 0 heterocycles.